The maximum absolute atomic E-state index is 5.49. The fourth-order valence-corrected chi connectivity index (χ4v) is 12.3. The first-order valence-corrected chi connectivity index (χ1v) is 23.3. The van der Waals surface area contributed by atoms with Gasteiger partial charge in [-0.05, 0) is 73.1 Å². The fraction of sp³-hybridized carbons (Fsp3) is 0. The first-order chi connectivity index (χ1) is 31.7. The van der Waals surface area contributed by atoms with Crippen LogP contribution >= 0.6 is 22.7 Å². The standard InChI is InChI=1S/C60H36N2S2/c1-2-16-38(17-3-1)56-43-21-5-7-23-45(43)57(46-24-8-6-22-44(46)56)39-34-32-37(33-35-39)40-18-4-9-25-49(40)60-61-52(50-28-14-26-47-41-19-10-12-30-54(41)63-58(47)50)36-53(62-60)51-29-15-27-48-42-20-11-13-31-55(42)64-59(48)51/h1-36H. The molecule has 10 aromatic carbocycles. The average Bonchev–Trinajstić information content (AvgIpc) is 3.95. The summed E-state index contributed by atoms with van der Waals surface area (Å²) >= 11 is 3.67. The van der Waals surface area contributed by atoms with Gasteiger partial charge in [0.2, 0.25) is 0 Å². The van der Waals surface area contributed by atoms with Crippen LogP contribution in [0.5, 0.6) is 0 Å². The van der Waals surface area contributed by atoms with Crippen molar-refractivity contribution in [1.82, 2.24) is 9.97 Å². The van der Waals surface area contributed by atoms with Crippen molar-refractivity contribution in [2.45, 2.75) is 0 Å². The Hall–Kier alpha value is -7.76. The summed E-state index contributed by atoms with van der Waals surface area (Å²) in [5.41, 5.74) is 12.2. The van der Waals surface area contributed by atoms with Gasteiger partial charge in [0.15, 0.2) is 5.82 Å². The van der Waals surface area contributed by atoms with Gasteiger partial charge in [0.1, 0.15) is 0 Å². The van der Waals surface area contributed by atoms with Gasteiger partial charge in [0.25, 0.3) is 0 Å². The second kappa shape index (κ2) is 15.0. The van der Waals surface area contributed by atoms with E-state index in [2.05, 4.69) is 218 Å². The Balaban J connectivity index is 0.992. The van der Waals surface area contributed by atoms with Crippen LogP contribution in [0.3, 0.4) is 0 Å². The Kier molecular flexibility index (Phi) is 8.61. The van der Waals surface area contributed by atoms with Crippen LogP contribution in [0, 0.1) is 0 Å². The fourth-order valence-electron chi connectivity index (χ4n) is 9.84. The normalized spacial score (nSPS) is 11.8. The monoisotopic (exact) mass is 848 g/mol. The van der Waals surface area contributed by atoms with Gasteiger partial charge in [-0.2, -0.15) is 0 Å². The van der Waals surface area contributed by atoms with Gasteiger partial charge in [0, 0.05) is 57.0 Å². The summed E-state index contributed by atoms with van der Waals surface area (Å²) in [7, 11) is 0. The predicted octanol–water partition coefficient (Wildman–Crippen LogP) is 17.5. The van der Waals surface area contributed by atoms with E-state index in [1.165, 1.54) is 84.1 Å². The van der Waals surface area contributed by atoms with Gasteiger partial charge in [-0.15, -0.1) is 22.7 Å². The topological polar surface area (TPSA) is 25.8 Å². The number of rotatable bonds is 6. The van der Waals surface area contributed by atoms with E-state index in [0.717, 1.165) is 39.2 Å². The van der Waals surface area contributed by atoms with Crippen molar-refractivity contribution >= 4 is 84.6 Å². The van der Waals surface area contributed by atoms with Crippen molar-refractivity contribution in [2.75, 3.05) is 0 Å². The van der Waals surface area contributed by atoms with Gasteiger partial charge in [-0.3, -0.25) is 0 Å². The molecule has 0 aliphatic carbocycles. The highest BCUT2D eigenvalue weighted by Gasteiger charge is 2.21. The number of hydrogen-bond acceptors (Lipinski definition) is 4. The zero-order valence-corrected chi connectivity index (χ0v) is 36.1. The summed E-state index contributed by atoms with van der Waals surface area (Å²) in [4.78, 5) is 11.0. The van der Waals surface area contributed by atoms with E-state index in [4.69, 9.17) is 9.97 Å². The highest BCUT2D eigenvalue weighted by Crippen LogP contribution is 2.46. The molecule has 0 fully saturated rings. The molecule has 0 unspecified atom stereocenters. The van der Waals surface area contributed by atoms with Crippen LogP contribution in [0.2, 0.25) is 0 Å². The molecule has 2 nitrogen and oxygen atoms in total. The summed E-state index contributed by atoms with van der Waals surface area (Å²) in [6.07, 6.45) is 0. The quantitative estimate of drug-likeness (QED) is 0.156. The molecule has 3 heterocycles. The predicted molar refractivity (Wildman–Crippen MR) is 275 cm³/mol. The molecule has 0 saturated carbocycles. The third kappa shape index (κ3) is 5.91. The molecule has 0 amide bonds. The highest BCUT2D eigenvalue weighted by molar-refractivity contribution is 7.26. The van der Waals surface area contributed by atoms with E-state index in [1.54, 1.807) is 0 Å². The largest absolute Gasteiger partial charge is 0.228 e. The summed E-state index contributed by atoms with van der Waals surface area (Å²) in [6, 6.07) is 79.1. The van der Waals surface area contributed by atoms with Crippen LogP contribution < -0.4 is 0 Å². The zero-order valence-electron chi connectivity index (χ0n) is 34.5. The number of hydrogen-bond donors (Lipinski definition) is 0. The number of aromatic nitrogens is 2. The molecule has 13 rings (SSSR count). The minimum atomic E-state index is 0.705. The number of thiophene rings is 2. The molecule has 4 heteroatoms. The number of fused-ring (bicyclic) bond motifs is 8. The number of nitrogens with zero attached hydrogens (tertiary/aromatic N) is 2. The number of benzene rings is 10. The van der Waals surface area contributed by atoms with E-state index in [1.807, 2.05) is 22.7 Å². The molecular formula is C60H36N2S2. The summed E-state index contributed by atoms with van der Waals surface area (Å²) in [5.74, 6) is 0.705. The maximum atomic E-state index is 5.49. The third-order valence-electron chi connectivity index (χ3n) is 12.7. The molecule has 0 atom stereocenters. The molecular weight excluding hydrogens is 813 g/mol. The molecule has 0 bridgehead atoms. The van der Waals surface area contributed by atoms with Crippen LogP contribution in [0.25, 0.3) is 129 Å². The smallest absolute Gasteiger partial charge is 0.161 e. The molecule has 0 aliphatic rings. The van der Waals surface area contributed by atoms with Crippen LogP contribution in [-0.2, 0) is 0 Å². The molecule has 3 aromatic heterocycles. The second-order valence-electron chi connectivity index (χ2n) is 16.4. The van der Waals surface area contributed by atoms with Crippen LogP contribution in [-0.4, -0.2) is 9.97 Å². The van der Waals surface area contributed by atoms with Crippen molar-refractivity contribution in [2.24, 2.45) is 0 Å². The van der Waals surface area contributed by atoms with Crippen LogP contribution in [0.1, 0.15) is 0 Å². The summed E-state index contributed by atoms with van der Waals surface area (Å²) in [6.45, 7) is 0. The first-order valence-electron chi connectivity index (χ1n) is 21.6. The van der Waals surface area contributed by atoms with Gasteiger partial charge >= 0.3 is 0 Å². The van der Waals surface area contributed by atoms with Crippen molar-refractivity contribution in [3.8, 4) is 67.3 Å². The van der Waals surface area contributed by atoms with Crippen LogP contribution in [0.15, 0.2) is 218 Å². The molecule has 0 radical (unpaired) electrons. The van der Waals surface area contributed by atoms with E-state index < -0.39 is 0 Å². The molecule has 64 heavy (non-hydrogen) atoms. The molecule has 13 aromatic rings. The second-order valence-corrected chi connectivity index (χ2v) is 18.5. The van der Waals surface area contributed by atoms with Crippen molar-refractivity contribution < 1.29 is 0 Å². The Morgan fingerprint density at radius 3 is 1.16 bits per heavy atom. The van der Waals surface area contributed by atoms with E-state index >= 15 is 0 Å². The van der Waals surface area contributed by atoms with Gasteiger partial charge < -0.3 is 0 Å². The summed E-state index contributed by atoms with van der Waals surface area (Å²) in [5, 5.41) is 10.0. The van der Waals surface area contributed by atoms with Gasteiger partial charge in [-0.1, -0.05) is 200 Å². The van der Waals surface area contributed by atoms with Crippen molar-refractivity contribution in [3.63, 3.8) is 0 Å². The molecule has 0 aliphatic heterocycles. The lowest BCUT2D eigenvalue weighted by atomic mass is 9.85. The Morgan fingerprint density at radius 1 is 0.266 bits per heavy atom. The lowest BCUT2D eigenvalue weighted by molar-refractivity contribution is 1.19. The van der Waals surface area contributed by atoms with E-state index in [0.29, 0.717) is 5.82 Å². The molecule has 0 N–H and O–H groups in total. The molecule has 0 saturated heterocycles. The third-order valence-corrected chi connectivity index (χ3v) is 15.2. The minimum absolute atomic E-state index is 0.705. The Bertz CT molecular complexity index is 3770. The van der Waals surface area contributed by atoms with Crippen molar-refractivity contribution in [1.29, 1.82) is 0 Å². The Labute approximate surface area is 378 Å². The molecule has 0 spiro atoms. The maximum Gasteiger partial charge on any atom is 0.161 e. The van der Waals surface area contributed by atoms with E-state index in [-0.39, 0.29) is 0 Å². The first kappa shape index (κ1) is 36.9. The SMILES string of the molecule is c1ccc(-c2c3ccccc3c(-c3ccc(-c4ccccc4-c4nc(-c5cccc6c5sc5ccccc56)cc(-c5cccc6c5sc5ccccc56)n4)cc3)c3ccccc23)cc1. The summed E-state index contributed by atoms with van der Waals surface area (Å²) < 4.78 is 5.02. The lowest BCUT2D eigenvalue weighted by Gasteiger charge is -2.18. The molecule has 298 valence electrons. The minimum Gasteiger partial charge on any atom is -0.228 e. The average molecular weight is 849 g/mol. The van der Waals surface area contributed by atoms with Crippen LogP contribution in [0.4, 0.5) is 0 Å². The van der Waals surface area contributed by atoms with Gasteiger partial charge in [-0.25, -0.2) is 9.97 Å². The van der Waals surface area contributed by atoms with Gasteiger partial charge in [0.05, 0.1) is 11.4 Å². The van der Waals surface area contributed by atoms with Crippen molar-refractivity contribution in [3.05, 3.63) is 218 Å². The zero-order chi connectivity index (χ0) is 42.1. The highest BCUT2D eigenvalue weighted by atomic mass is 32.1. The van der Waals surface area contributed by atoms with E-state index in [9.17, 15) is 0 Å². The lowest BCUT2D eigenvalue weighted by Crippen LogP contribution is -1.97. The Morgan fingerprint density at radius 2 is 0.641 bits per heavy atom.